The summed E-state index contributed by atoms with van der Waals surface area (Å²) in [5.74, 6) is 1.05. The molecule has 1 N–H and O–H groups in total. The summed E-state index contributed by atoms with van der Waals surface area (Å²) in [4.78, 5) is 13.8. The highest BCUT2D eigenvalue weighted by molar-refractivity contribution is 5.81. The Hall–Kier alpha value is -0.610. The number of hydrogen-bond donors (Lipinski definition) is 1. The fourth-order valence-corrected chi connectivity index (χ4v) is 1.81. The molecule has 0 aromatic carbocycles. The molecule has 2 aliphatic rings. The molecule has 1 atom stereocenters. The van der Waals surface area contributed by atoms with E-state index in [4.69, 9.17) is 4.74 Å². The van der Waals surface area contributed by atoms with E-state index in [1.807, 2.05) is 11.8 Å². The van der Waals surface area contributed by atoms with Gasteiger partial charge in [0.2, 0.25) is 5.91 Å². The van der Waals surface area contributed by atoms with Gasteiger partial charge in [0.25, 0.3) is 0 Å². The fourth-order valence-electron chi connectivity index (χ4n) is 1.81. The Labute approximate surface area is 91.0 Å². The van der Waals surface area contributed by atoms with Crippen LogP contribution in [0.15, 0.2) is 0 Å². The van der Waals surface area contributed by atoms with Gasteiger partial charge in [-0.3, -0.25) is 4.79 Å². The molecule has 1 saturated carbocycles. The minimum Gasteiger partial charge on any atom is -0.378 e. The molecule has 0 aromatic heterocycles. The van der Waals surface area contributed by atoms with Gasteiger partial charge in [0.15, 0.2) is 0 Å². The quantitative estimate of drug-likeness (QED) is 0.725. The first-order valence-electron chi connectivity index (χ1n) is 5.87. The smallest absolute Gasteiger partial charge is 0.239 e. The zero-order valence-corrected chi connectivity index (χ0v) is 9.37. The summed E-state index contributed by atoms with van der Waals surface area (Å²) in [6.45, 7) is 5.81. The topological polar surface area (TPSA) is 41.6 Å². The third-order valence-electron chi connectivity index (χ3n) is 3.10. The predicted molar refractivity (Wildman–Crippen MR) is 57.6 cm³/mol. The van der Waals surface area contributed by atoms with Crippen LogP contribution in [0.4, 0.5) is 0 Å². The minimum atomic E-state index is -0.0382. The second-order valence-electron chi connectivity index (χ2n) is 4.51. The van der Waals surface area contributed by atoms with Crippen LogP contribution in [0.5, 0.6) is 0 Å². The van der Waals surface area contributed by atoms with Gasteiger partial charge < -0.3 is 15.0 Å². The van der Waals surface area contributed by atoms with Crippen LogP contribution in [0.25, 0.3) is 0 Å². The van der Waals surface area contributed by atoms with Crippen molar-refractivity contribution in [3.8, 4) is 0 Å². The van der Waals surface area contributed by atoms with Crippen molar-refractivity contribution in [1.82, 2.24) is 10.2 Å². The first kappa shape index (κ1) is 10.9. The number of carbonyl (C=O) groups excluding carboxylic acids is 1. The van der Waals surface area contributed by atoms with Crippen LogP contribution in [-0.2, 0) is 9.53 Å². The van der Waals surface area contributed by atoms with Gasteiger partial charge in [-0.1, -0.05) is 0 Å². The van der Waals surface area contributed by atoms with Crippen LogP contribution < -0.4 is 5.32 Å². The summed E-state index contributed by atoms with van der Waals surface area (Å²) in [6, 6.07) is -0.0382. The highest BCUT2D eigenvalue weighted by Crippen LogP contribution is 2.27. The Kier molecular flexibility index (Phi) is 3.59. The third-order valence-corrected chi connectivity index (χ3v) is 3.10. The van der Waals surface area contributed by atoms with E-state index in [1.165, 1.54) is 12.8 Å². The monoisotopic (exact) mass is 212 g/mol. The number of hydrogen-bond acceptors (Lipinski definition) is 3. The number of nitrogens with zero attached hydrogens (tertiary/aromatic N) is 1. The maximum Gasteiger partial charge on any atom is 0.239 e. The molecular weight excluding hydrogens is 192 g/mol. The number of rotatable bonds is 4. The van der Waals surface area contributed by atoms with Crippen LogP contribution in [0.3, 0.4) is 0 Å². The average Bonchev–Trinajstić information content (AvgIpc) is 3.10. The largest absolute Gasteiger partial charge is 0.378 e. The molecule has 0 spiro atoms. The van der Waals surface area contributed by atoms with Crippen LogP contribution in [0.2, 0.25) is 0 Å². The number of nitrogens with one attached hydrogen (secondary N) is 1. The lowest BCUT2D eigenvalue weighted by Crippen LogP contribution is -2.49. The molecule has 1 amide bonds. The van der Waals surface area contributed by atoms with Crippen molar-refractivity contribution in [3.05, 3.63) is 0 Å². The molecule has 0 bridgehead atoms. The van der Waals surface area contributed by atoms with Gasteiger partial charge in [-0.05, 0) is 32.2 Å². The lowest BCUT2D eigenvalue weighted by atomic mass is 10.2. The Morgan fingerprint density at radius 2 is 2.13 bits per heavy atom. The summed E-state index contributed by atoms with van der Waals surface area (Å²) in [5.41, 5.74) is 0. The summed E-state index contributed by atoms with van der Waals surface area (Å²) in [7, 11) is 0. The van der Waals surface area contributed by atoms with Crippen molar-refractivity contribution < 1.29 is 9.53 Å². The predicted octanol–water partition coefficient (Wildman–Crippen LogP) is 0.233. The molecule has 0 aromatic rings. The SMILES string of the molecule is CC(NCC1CC1)C(=O)N1CCOCC1. The van der Waals surface area contributed by atoms with E-state index in [9.17, 15) is 4.79 Å². The lowest BCUT2D eigenvalue weighted by Gasteiger charge is -2.29. The van der Waals surface area contributed by atoms with Crippen molar-refractivity contribution in [2.45, 2.75) is 25.8 Å². The summed E-state index contributed by atoms with van der Waals surface area (Å²) in [5, 5.41) is 3.31. The molecule has 2 rings (SSSR count). The number of ether oxygens (including phenoxy) is 1. The second kappa shape index (κ2) is 4.94. The van der Waals surface area contributed by atoms with Gasteiger partial charge in [0.1, 0.15) is 0 Å². The first-order valence-corrected chi connectivity index (χ1v) is 5.87. The van der Waals surface area contributed by atoms with Gasteiger partial charge in [-0.2, -0.15) is 0 Å². The molecule has 1 aliphatic heterocycles. The highest BCUT2D eigenvalue weighted by Gasteiger charge is 2.25. The van der Waals surface area contributed by atoms with Crippen molar-refractivity contribution in [2.75, 3.05) is 32.8 Å². The lowest BCUT2D eigenvalue weighted by molar-refractivity contribution is -0.137. The van der Waals surface area contributed by atoms with Gasteiger partial charge in [-0.25, -0.2) is 0 Å². The van der Waals surface area contributed by atoms with E-state index in [2.05, 4.69) is 5.32 Å². The van der Waals surface area contributed by atoms with Gasteiger partial charge >= 0.3 is 0 Å². The minimum absolute atomic E-state index is 0.0382. The molecule has 1 aliphatic carbocycles. The maximum absolute atomic E-state index is 11.9. The number of carbonyl (C=O) groups is 1. The zero-order valence-electron chi connectivity index (χ0n) is 9.37. The Morgan fingerprint density at radius 3 is 2.73 bits per heavy atom. The molecule has 86 valence electrons. The standard InChI is InChI=1S/C11H20N2O2/c1-9(12-8-10-2-3-10)11(14)13-4-6-15-7-5-13/h9-10,12H,2-8H2,1H3. The van der Waals surface area contributed by atoms with E-state index in [0.717, 1.165) is 25.6 Å². The second-order valence-corrected chi connectivity index (χ2v) is 4.51. The van der Waals surface area contributed by atoms with Gasteiger partial charge in [0, 0.05) is 13.1 Å². The van der Waals surface area contributed by atoms with Crippen molar-refractivity contribution in [3.63, 3.8) is 0 Å². The molecule has 2 fully saturated rings. The van der Waals surface area contributed by atoms with Crippen molar-refractivity contribution >= 4 is 5.91 Å². The van der Waals surface area contributed by atoms with Gasteiger partial charge in [-0.15, -0.1) is 0 Å². The Balaban J connectivity index is 1.71. The molecule has 4 heteroatoms. The zero-order chi connectivity index (χ0) is 10.7. The van der Waals surface area contributed by atoms with Crippen LogP contribution in [0, 0.1) is 5.92 Å². The number of morpholine rings is 1. The third kappa shape index (κ3) is 3.18. The van der Waals surface area contributed by atoms with E-state index >= 15 is 0 Å². The van der Waals surface area contributed by atoms with Crippen molar-refractivity contribution in [1.29, 1.82) is 0 Å². The van der Waals surface area contributed by atoms with Crippen LogP contribution >= 0.6 is 0 Å². The fraction of sp³-hybridized carbons (Fsp3) is 0.909. The molecular formula is C11H20N2O2. The Morgan fingerprint density at radius 1 is 1.47 bits per heavy atom. The van der Waals surface area contributed by atoms with E-state index in [-0.39, 0.29) is 11.9 Å². The molecule has 4 nitrogen and oxygen atoms in total. The van der Waals surface area contributed by atoms with Gasteiger partial charge in [0.05, 0.1) is 19.3 Å². The average molecular weight is 212 g/mol. The normalized spacial score (nSPS) is 23.9. The van der Waals surface area contributed by atoms with E-state index < -0.39 is 0 Å². The molecule has 15 heavy (non-hydrogen) atoms. The van der Waals surface area contributed by atoms with E-state index in [1.54, 1.807) is 0 Å². The summed E-state index contributed by atoms with van der Waals surface area (Å²) in [6.07, 6.45) is 2.65. The Bertz CT molecular complexity index is 223. The van der Waals surface area contributed by atoms with E-state index in [0.29, 0.717) is 13.2 Å². The maximum atomic E-state index is 11.9. The summed E-state index contributed by atoms with van der Waals surface area (Å²) < 4.78 is 5.22. The highest BCUT2D eigenvalue weighted by atomic mass is 16.5. The molecule has 1 heterocycles. The molecule has 1 unspecified atom stereocenters. The molecule has 0 radical (unpaired) electrons. The first-order chi connectivity index (χ1) is 7.27. The molecule has 1 saturated heterocycles. The number of amides is 1. The summed E-state index contributed by atoms with van der Waals surface area (Å²) >= 11 is 0. The van der Waals surface area contributed by atoms with Crippen LogP contribution in [0.1, 0.15) is 19.8 Å². The van der Waals surface area contributed by atoms with Crippen molar-refractivity contribution in [2.24, 2.45) is 5.92 Å². The van der Waals surface area contributed by atoms with Crippen LogP contribution in [-0.4, -0.2) is 49.7 Å².